The van der Waals surface area contributed by atoms with Crippen molar-refractivity contribution in [3.05, 3.63) is 68.1 Å². The summed E-state index contributed by atoms with van der Waals surface area (Å²) in [6, 6.07) is 14.3. The first-order valence-corrected chi connectivity index (χ1v) is 8.40. The fraction of sp³-hybridized carbons (Fsp3) is 0.133. The number of hydrogen-bond donors (Lipinski definition) is 1. The van der Waals surface area contributed by atoms with Crippen LogP contribution in [-0.2, 0) is 6.42 Å². The number of nitrogens with zero attached hydrogens (tertiary/aromatic N) is 1. The molecule has 0 aliphatic heterocycles. The fourth-order valence-electron chi connectivity index (χ4n) is 2.01. The molecule has 3 aromatic heterocycles. The largest absolute Gasteiger partial charge is 0.362 e. The zero-order chi connectivity index (χ0) is 13.8. The van der Waals surface area contributed by atoms with Gasteiger partial charge in [-0.1, -0.05) is 29.8 Å². The Bertz CT molecular complexity index is 650. The van der Waals surface area contributed by atoms with Crippen molar-refractivity contribution in [1.29, 1.82) is 0 Å². The van der Waals surface area contributed by atoms with Gasteiger partial charge in [-0.15, -0.1) is 22.7 Å². The molecule has 2 nitrogen and oxygen atoms in total. The molecule has 0 aliphatic rings. The standard InChI is InChI=1S/C15H13ClN2S2/c16-14-6-1-7-15(18-14)17-12(13-5-3-9-20-13)10-11-4-2-8-19-11/h1-9,12H,10H2,(H,17,18). The Balaban J connectivity index is 1.82. The zero-order valence-electron chi connectivity index (χ0n) is 10.6. The van der Waals surface area contributed by atoms with Gasteiger partial charge in [-0.2, -0.15) is 0 Å². The lowest BCUT2D eigenvalue weighted by Crippen LogP contribution is -2.12. The quantitative estimate of drug-likeness (QED) is 0.649. The second kappa shape index (κ2) is 6.39. The van der Waals surface area contributed by atoms with Crippen LogP contribution in [0.25, 0.3) is 0 Å². The molecule has 0 saturated carbocycles. The van der Waals surface area contributed by atoms with E-state index in [-0.39, 0.29) is 6.04 Å². The highest BCUT2D eigenvalue weighted by molar-refractivity contribution is 7.10. The van der Waals surface area contributed by atoms with Crippen molar-refractivity contribution in [2.24, 2.45) is 0 Å². The summed E-state index contributed by atoms with van der Waals surface area (Å²) < 4.78 is 0. The maximum Gasteiger partial charge on any atom is 0.131 e. The molecular formula is C15H13ClN2S2. The van der Waals surface area contributed by atoms with Crippen molar-refractivity contribution < 1.29 is 0 Å². The van der Waals surface area contributed by atoms with E-state index < -0.39 is 0 Å². The maximum atomic E-state index is 5.95. The number of hydrogen-bond acceptors (Lipinski definition) is 4. The number of rotatable bonds is 5. The van der Waals surface area contributed by atoms with E-state index in [1.165, 1.54) is 9.75 Å². The van der Waals surface area contributed by atoms with Crippen molar-refractivity contribution in [3.8, 4) is 0 Å². The second-order valence-electron chi connectivity index (χ2n) is 4.34. The molecule has 20 heavy (non-hydrogen) atoms. The van der Waals surface area contributed by atoms with Crippen molar-refractivity contribution in [2.75, 3.05) is 5.32 Å². The first kappa shape index (κ1) is 13.6. The summed E-state index contributed by atoms with van der Waals surface area (Å²) in [5.74, 6) is 0.812. The smallest absolute Gasteiger partial charge is 0.131 e. The summed E-state index contributed by atoms with van der Waals surface area (Å²) in [6.45, 7) is 0. The average Bonchev–Trinajstić information content (AvgIpc) is 3.11. The summed E-state index contributed by atoms with van der Waals surface area (Å²) in [5, 5.41) is 8.20. The molecule has 0 fully saturated rings. The van der Waals surface area contributed by atoms with E-state index in [0.29, 0.717) is 5.15 Å². The van der Waals surface area contributed by atoms with Crippen molar-refractivity contribution in [1.82, 2.24) is 4.98 Å². The third kappa shape index (κ3) is 3.39. The van der Waals surface area contributed by atoms with Crippen LogP contribution in [0.5, 0.6) is 0 Å². The minimum absolute atomic E-state index is 0.222. The molecule has 0 amide bonds. The molecule has 3 rings (SSSR count). The Kier molecular flexibility index (Phi) is 4.35. The number of anilines is 1. The molecule has 102 valence electrons. The molecule has 0 aliphatic carbocycles. The van der Waals surface area contributed by atoms with E-state index >= 15 is 0 Å². The summed E-state index contributed by atoms with van der Waals surface area (Å²) in [6.07, 6.45) is 0.951. The van der Waals surface area contributed by atoms with Gasteiger partial charge in [-0.3, -0.25) is 0 Å². The summed E-state index contributed by atoms with van der Waals surface area (Å²) in [4.78, 5) is 6.98. The Labute approximate surface area is 131 Å². The minimum Gasteiger partial charge on any atom is -0.362 e. The number of nitrogens with one attached hydrogen (secondary N) is 1. The van der Waals surface area contributed by atoms with Gasteiger partial charge in [0.15, 0.2) is 0 Å². The van der Waals surface area contributed by atoms with Gasteiger partial charge in [-0.05, 0) is 35.0 Å². The molecule has 3 aromatic rings. The first-order valence-electron chi connectivity index (χ1n) is 6.26. The van der Waals surface area contributed by atoms with Gasteiger partial charge in [0.2, 0.25) is 0 Å². The Morgan fingerprint density at radius 1 is 1.05 bits per heavy atom. The molecule has 1 unspecified atom stereocenters. The van der Waals surface area contributed by atoms with E-state index in [0.717, 1.165) is 12.2 Å². The first-order chi connectivity index (χ1) is 9.81. The fourth-order valence-corrected chi connectivity index (χ4v) is 3.70. The van der Waals surface area contributed by atoms with Crippen LogP contribution in [-0.4, -0.2) is 4.98 Å². The van der Waals surface area contributed by atoms with Crippen LogP contribution in [0.15, 0.2) is 53.2 Å². The van der Waals surface area contributed by atoms with Crippen LogP contribution in [0.4, 0.5) is 5.82 Å². The predicted octanol–water partition coefficient (Wildman–Crippen LogP) is 5.25. The monoisotopic (exact) mass is 320 g/mol. The van der Waals surface area contributed by atoms with E-state index in [1.807, 2.05) is 12.1 Å². The Morgan fingerprint density at radius 3 is 2.60 bits per heavy atom. The van der Waals surface area contributed by atoms with Gasteiger partial charge >= 0.3 is 0 Å². The second-order valence-corrected chi connectivity index (χ2v) is 6.74. The van der Waals surface area contributed by atoms with Crippen LogP contribution in [0.3, 0.4) is 0 Å². The molecule has 0 bridgehead atoms. The summed E-state index contributed by atoms with van der Waals surface area (Å²) >= 11 is 9.49. The number of thiophene rings is 2. The lowest BCUT2D eigenvalue weighted by molar-refractivity contribution is 0.796. The van der Waals surface area contributed by atoms with Crippen LogP contribution >= 0.6 is 34.3 Å². The highest BCUT2D eigenvalue weighted by Gasteiger charge is 2.14. The molecule has 1 N–H and O–H groups in total. The normalized spacial score (nSPS) is 12.2. The van der Waals surface area contributed by atoms with E-state index in [9.17, 15) is 0 Å². The van der Waals surface area contributed by atoms with Crippen LogP contribution in [0, 0.1) is 0 Å². The number of pyridine rings is 1. The van der Waals surface area contributed by atoms with Gasteiger partial charge in [0.1, 0.15) is 11.0 Å². The van der Waals surface area contributed by atoms with E-state index in [1.54, 1.807) is 28.7 Å². The number of halogens is 1. The highest BCUT2D eigenvalue weighted by Crippen LogP contribution is 2.28. The molecule has 0 radical (unpaired) electrons. The van der Waals surface area contributed by atoms with Gasteiger partial charge < -0.3 is 5.32 Å². The molecule has 3 heterocycles. The topological polar surface area (TPSA) is 24.9 Å². The lowest BCUT2D eigenvalue weighted by atomic mass is 10.1. The Morgan fingerprint density at radius 2 is 1.90 bits per heavy atom. The van der Waals surface area contributed by atoms with Crippen molar-refractivity contribution in [2.45, 2.75) is 12.5 Å². The molecule has 0 saturated heterocycles. The van der Waals surface area contributed by atoms with Crippen LogP contribution < -0.4 is 5.32 Å². The molecule has 0 aromatic carbocycles. The van der Waals surface area contributed by atoms with Gasteiger partial charge in [0.05, 0.1) is 6.04 Å². The summed E-state index contributed by atoms with van der Waals surface area (Å²) in [5.41, 5.74) is 0. The maximum absolute atomic E-state index is 5.95. The number of aromatic nitrogens is 1. The summed E-state index contributed by atoms with van der Waals surface area (Å²) in [7, 11) is 0. The molecule has 5 heteroatoms. The molecular weight excluding hydrogens is 308 g/mol. The van der Waals surface area contributed by atoms with Gasteiger partial charge in [0, 0.05) is 16.2 Å². The van der Waals surface area contributed by atoms with Crippen LogP contribution in [0.1, 0.15) is 15.8 Å². The Hall–Kier alpha value is -1.36. The zero-order valence-corrected chi connectivity index (χ0v) is 13.0. The molecule has 0 spiro atoms. The predicted molar refractivity (Wildman–Crippen MR) is 88.0 cm³/mol. The van der Waals surface area contributed by atoms with E-state index in [2.05, 4.69) is 45.3 Å². The van der Waals surface area contributed by atoms with Gasteiger partial charge in [0.25, 0.3) is 0 Å². The third-order valence-electron chi connectivity index (χ3n) is 2.91. The average molecular weight is 321 g/mol. The highest BCUT2D eigenvalue weighted by atomic mass is 35.5. The van der Waals surface area contributed by atoms with Crippen molar-refractivity contribution in [3.63, 3.8) is 0 Å². The van der Waals surface area contributed by atoms with Crippen molar-refractivity contribution >= 4 is 40.1 Å². The van der Waals surface area contributed by atoms with E-state index in [4.69, 9.17) is 11.6 Å². The minimum atomic E-state index is 0.222. The molecule has 1 atom stereocenters. The third-order valence-corrected chi connectivity index (χ3v) is 5.00. The lowest BCUT2D eigenvalue weighted by Gasteiger charge is -2.17. The SMILES string of the molecule is Clc1cccc(NC(Cc2cccs2)c2cccs2)n1. The van der Waals surface area contributed by atoms with Gasteiger partial charge in [-0.25, -0.2) is 4.98 Å². The van der Waals surface area contributed by atoms with Crippen LogP contribution in [0.2, 0.25) is 5.15 Å².